The third kappa shape index (κ3) is 3.64. The van der Waals surface area contributed by atoms with Crippen molar-refractivity contribution in [2.45, 2.75) is 25.7 Å². The Morgan fingerprint density at radius 1 is 1.28 bits per heavy atom. The summed E-state index contributed by atoms with van der Waals surface area (Å²) < 4.78 is 0. The van der Waals surface area contributed by atoms with Crippen LogP contribution in [-0.2, 0) is 4.79 Å². The topological polar surface area (TPSA) is 76.3 Å². The Kier molecular flexibility index (Phi) is 4.99. The molecule has 1 saturated heterocycles. The Morgan fingerprint density at radius 2 is 1.92 bits per heavy atom. The van der Waals surface area contributed by atoms with Gasteiger partial charge in [0.2, 0.25) is 5.91 Å². The van der Waals surface area contributed by atoms with Crippen LogP contribution in [0.2, 0.25) is 0 Å². The first-order valence-electron chi connectivity index (χ1n) is 8.28. The first kappa shape index (κ1) is 17.4. The largest absolute Gasteiger partial charge is 0.364 e. The molecule has 1 aromatic carbocycles. The van der Waals surface area contributed by atoms with Crippen LogP contribution in [0.3, 0.4) is 0 Å². The lowest BCUT2D eigenvalue weighted by atomic mass is 9.97. The first-order valence-corrected chi connectivity index (χ1v) is 9.10. The number of likely N-dealkylation sites (tertiary alicyclic amines) is 1. The molecule has 1 aliphatic heterocycles. The molecule has 6 heteroatoms. The number of carbonyl (C=O) groups is 2. The molecule has 3 rings (SSSR count). The minimum absolute atomic E-state index is 0.0317. The summed E-state index contributed by atoms with van der Waals surface area (Å²) in [4.78, 5) is 30.7. The van der Waals surface area contributed by atoms with Crippen molar-refractivity contribution in [3.05, 3.63) is 53.2 Å². The van der Waals surface area contributed by atoms with Gasteiger partial charge < -0.3 is 10.6 Å². The number of thiazole rings is 1. The van der Waals surface area contributed by atoms with Gasteiger partial charge in [0.25, 0.3) is 5.91 Å². The van der Waals surface area contributed by atoms with Crippen LogP contribution in [0.25, 0.3) is 10.4 Å². The van der Waals surface area contributed by atoms with E-state index in [0.29, 0.717) is 18.8 Å². The van der Waals surface area contributed by atoms with Gasteiger partial charge in [-0.25, -0.2) is 4.98 Å². The summed E-state index contributed by atoms with van der Waals surface area (Å²) in [6.45, 7) is 6.92. The Bertz CT molecular complexity index is 803. The standard InChI is InChI=1S/C19H21N3O2S/c1-3-15(23)22-10-8-14(9-11-22)19-21-16(18(20)24)17(25-19)13-6-4-12(2)5-7-13/h3-7,14H,1,8-11H2,2H3,(H2,20,24). The molecule has 1 aliphatic rings. The third-order valence-electron chi connectivity index (χ3n) is 4.52. The van der Waals surface area contributed by atoms with Crippen molar-refractivity contribution in [3.63, 3.8) is 0 Å². The van der Waals surface area contributed by atoms with E-state index in [1.54, 1.807) is 4.90 Å². The van der Waals surface area contributed by atoms with Crippen LogP contribution in [0.4, 0.5) is 0 Å². The molecule has 0 saturated carbocycles. The van der Waals surface area contributed by atoms with Gasteiger partial charge in [-0.1, -0.05) is 36.4 Å². The first-order chi connectivity index (χ1) is 12.0. The van der Waals surface area contributed by atoms with Gasteiger partial charge >= 0.3 is 0 Å². The fourth-order valence-electron chi connectivity index (χ4n) is 3.05. The fraction of sp³-hybridized carbons (Fsp3) is 0.316. The molecule has 2 amide bonds. The summed E-state index contributed by atoms with van der Waals surface area (Å²) in [6, 6.07) is 8.01. The van der Waals surface area contributed by atoms with E-state index in [1.165, 1.54) is 17.4 Å². The average molecular weight is 355 g/mol. The van der Waals surface area contributed by atoms with Crippen molar-refractivity contribution in [1.29, 1.82) is 0 Å². The lowest BCUT2D eigenvalue weighted by Gasteiger charge is -2.30. The number of primary amides is 1. The highest BCUT2D eigenvalue weighted by molar-refractivity contribution is 7.15. The minimum Gasteiger partial charge on any atom is -0.364 e. The van der Waals surface area contributed by atoms with E-state index in [4.69, 9.17) is 5.73 Å². The van der Waals surface area contributed by atoms with Crippen LogP contribution in [0.1, 0.15) is 39.8 Å². The van der Waals surface area contributed by atoms with Crippen molar-refractivity contribution in [1.82, 2.24) is 9.88 Å². The predicted molar refractivity (Wildman–Crippen MR) is 99.6 cm³/mol. The Morgan fingerprint density at radius 3 is 2.48 bits per heavy atom. The number of nitrogens with zero attached hydrogens (tertiary/aromatic N) is 2. The van der Waals surface area contributed by atoms with E-state index < -0.39 is 5.91 Å². The van der Waals surface area contributed by atoms with Crippen molar-refractivity contribution in [2.75, 3.05) is 13.1 Å². The summed E-state index contributed by atoms with van der Waals surface area (Å²) in [5, 5.41) is 0.926. The molecule has 2 aromatic rings. The molecule has 2 N–H and O–H groups in total. The van der Waals surface area contributed by atoms with Crippen LogP contribution < -0.4 is 5.73 Å². The highest BCUT2D eigenvalue weighted by Gasteiger charge is 2.27. The zero-order valence-electron chi connectivity index (χ0n) is 14.2. The van der Waals surface area contributed by atoms with E-state index in [2.05, 4.69) is 11.6 Å². The van der Waals surface area contributed by atoms with Gasteiger partial charge in [0.15, 0.2) is 0 Å². The molecule has 25 heavy (non-hydrogen) atoms. The molecule has 1 aromatic heterocycles. The number of piperidine rings is 1. The van der Waals surface area contributed by atoms with Crippen molar-refractivity contribution in [3.8, 4) is 10.4 Å². The summed E-state index contributed by atoms with van der Waals surface area (Å²) in [6.07, 6.45) is 3.02. The maximum Gasteiger partial charge on any atom is 0.268 e. The second kappa shape index (κ2) is 7.19. The van der Waals surface area contributed by atoms with Crippen LogP contribution in [0, 0.1) is 6.92 Å². The Labute approximate surface area is 151 Å². The molecule has 2 heterocycles. The van der Waals surface area contributed by atoms with Crippen LogP contribution >= 0.6 is 11.3 Å². The molecule has 0 bridgehead atoms. The number of carbonyl (C=O) groups excluding carboxylic acids is 2. The highest BCUT2D eigenvalue weighted by atomic mass is 32.1. The van der Waals surface area contributed by atoms with Crippen molar-refractivity contribution < 1.29 is 9.59 Å². The van der Waals surface area contributed by atoms with Crippen LogP contribution in [0.15, 0.2) is 36.9 Å². The van der Waals surface area contributed by atoms with Gasteiger partial charge in [0.1, 0.15) is 5.69 Å². The third-order valence-corrected chi connectivity index (χ3v) is 5.79. The number of aryl methyl sites for hydroxylation is 1. The van der Waals surface area contributed by atoms with Gasteiger partial charge in [-0.2, -0.15) is 0 Å². The average Bonchev–Trinajstić information content (AvgIpc) is 3.07. The number of amides is 2. The number of hydrogen-bond donors (Lipinski definition) is 1. The molecule has 0 aliphatic carbocycles. The highest BCUT2D eigenvalue weighted by Crippen LogP contribution is 2.37. The van der Waals surface area contributed by atoms with Gasteiger partial charge in [-0.05, 0) is 31.4 Å². The minimum atomic E-state index is -0.502. The van der Waals surface area contributed by atoms with Gasteiger partial charge in [-0.15, -0.1) is 11.3 Å². The molecule has 0 spiro atoms. The number of benzene rings is 1. The lowest BCUT2D eigenvalue weighted by molar-refractivity contribution is -0.127. The SMILES string of the molecule is C=CC(=O)N1CCC(c2nc(C(N)=O)c(-c3ccc(C)cc3)s2)CC1. The number of nitrogens with two attached hydrogens (primary N) is 1. The number of hydrogen-bond acceptors (Lipinski definition) is 4. The predicted octanol–water partition coefficient (Wildman–Crippen LogP) is 3.11. The smallest absolute Gasteiger partial charge is 0.268 e. The molecule has 5 nitrogen and oxygen atoms in total. The quantitative estimate of drug-likeness (QED) is 0.856. The van der Waals surface area contributed by atoms with E-state index in [9.17, 15) is 9.59 Å². The summed E-state index contributed by atoms with van der Waals surface area (Å²) in [5.74, 6) is -0.288. The molecule has 0 atom stereocenters. The Hall–Kier alpha value is -2.47. The van der Waals surface area contributed by atoms with Crippen LogP contribution in [-0.4, -0.2) is 34.8 Å². The molecule has 1 fully saturated rings. The zero-order valence-corrected chi connectivity index (χ0v) is 15.0. The normalized spacial score (nSPS) is 15.2. The number of rotatable bonds is 4. The number of aromatic nitrogens is 1. The second-order valence-corrected chi connectivity index (χ2v) is 7.29. The monoisotopic (exact) mass is 355 g/mol. The second-order valence-electron chi connectivity index (χ2n) is 6.26. The van der Waals surface area contributed by atoms with Gasteiger partial charge in [0, 0.05) is 19.0 Å². The molecular weight excluding hydrogens is 334 g/mol. The van der Waals surface area contributed by atoms with Gasteiger partial charge in [-0.3, -0.25) is 9.59 Å². The maximum atomic E-state index is 11.8. The summed E-state index contributed by atoms with van der Waals surface area (Å²) in [7, 11) is 0. The summed E-state index contributed by atoms with van der Waals surface area (Å²) in [5.41, 5.74) is 8.01. The molecule has 130 valence electrons. The Balaban J connectivity index is 1.85. The van der Waals surface area contributed by atoms with E-state index in [1.807, 2.05) is 31.2 Å². The van der Waals surface area contributed by atoms with E-state index in [-0.39, 0.29) is 11.8 Å². The summed E-state index contributed by atoms with van der Waals surface area (Å²) >= 11 is 1.53. The van der Waals surface area contributed by atoms with E-state index >= 15 is 0 Å². The molecule has 0 radical (unpaired) electrons. The van der Waals surface area contributed by atoms with Crippen molar-refractivity contribution >= 4 is 23.2 Å². The zero-order chi connectivity index (χ0) is 18.0. The maximum absolute atomic E-state index is 11.8. The van der Waals surface area contributed by atoms with Crippen LogP contribution in [0.5, 0.6) is 0 Å². The van der Waals surface area contributed by atoms with E-state index in [0.717, 1.165) is 33.9 Å². The van der Waals surface area contributed by atoms with Crippen molar-refractivity contribution in [2.24, 2.45) is 5.73 Å². The fourth-order valence-corrected chi connectivity index (χ4v) is 4.30. The molecular formula is C19H21N3O2S. The lowest BCUT2D eigenvalue weighted by Crippen LogP contribution is -2.36. The molecule has 0 unspecified atom stereocenters. The van der Waals surface area contributed by atoms with Gasteiger partial charge in [0.05, 0.1) is 9.88 Å².